The van der Waals surface area contributed by atoms with Crippen molar-refractivity contribution < 1.29 is 0 Å². The van der Waals surface area contributed by atoms with Gasteiger partial charge in [-0.2, -0.15) is 5.10 Å². The van der Waals surface area contributed by atoms with E-state index < -0.39 is 0 Å². The van der Waals surface area contributed by atoms with Crippen molar-refractivity contribution in [2.45, 2.75) is 57.8 Å². The van der Waals surface area contributed by atoms with E-state index in [4.69, 9.17) is 5.10 Å². The molecule has 102 valence electrons. The van der Waals surface area contributed by atoms with Crippen LogP contribution in [0.1, 0.15) is 45.0 Å². The van der Waals surface area contributed by atoms with Gasteiger partial charge in [-0.3, -0.25) is 4.68 Å². The first kappa shape index (κ1) is 14.6. The first-order valence-electron chi connectivity index (χ1n) is 6.96. The smallest absolute Gasteiger partial charge is 0.0766 e. The summed E-state index contributed by atoms with van der Waals surface area (Å²) in [5, 5.41) is 4.69. The average Bonchev–Trinajstić information content (AvgIpc) is 2.85. The van der Waals surface area contributed by atoms with Crippen LogP contribution in [0.2, 0.25) is 0 Å². The molecule has 18 heavy (non-hydrogen) atoms. The number of alkyl halides is 1. The van der Waals surface area contributed by atoms with Crippen molar-refractivity contribution >= 4 is 31.9 Å². The van der Waals surface area contributed by atoms with E-state index in [1.807, 2.05) is 0 Å². The van der Waals surface area contributed by atoms with Crippen molar-refractivity contribution in [3.63, 3.8) is 0 Å². The standard InChI is InChI=1S/C14H22Br2N2/c1-4-12-14(16)13(18(5-2)17-12)8-10-6-7-11(15)9(10)3/h9-11H,4-8H2,1-3H3. The molecule has 2 nitrogen and oxygen atoms in total. The largest absolute Gasteiger partial charge is 0.268 e. The van der Waals surface area contributed by atoms with Crippen LogP contribution in [-0.4, -0.2) is 14.6 Å². The minimum absolute atomic E-state index is 0.699. The van der Waals surface area contributed by atoms with Gasteiger partial charge in [0.25, 0.3) is 0 Å². The Morgan fingerprint density at radius 2 is 2.06 bits per heavy atom. The SMILES string of the molecule is CCc1nn(CC)c(CC2CCC(Br)C2C)c1Br. The summed E-state index contributed by atoms with van der Waals surface area (Å²) in [6, 6.07) is 0. The molecule has 1 saturated carbocycles. The van der Waals surface area contributed by atoms with Crippen molar-refractivity contribution in [2.75, 3.05) is 0 Å². The third kappa shape index (κ3) is 2.69. The Morgan fingerprint density at radius 3 is 2.56 bits per heavy atom. The number of halogens is 2. The van der Waals surface area contributed by atoms with Crippen molar-refractivity contribution in [2.24, 2.45) is 11.8 Å². The number of aryl methyl sites for hydroxylation is 2. The molecule has 4 heteroatoms. The summed E-state index contributed by atoms with van der Waals surface area (Å²) in [5.41, 5.74) is 2.60. The molecule has 1 heterocycles. The van der Waals surface area contributed by atoms with E-state index in [0.717, 1.165) is 31.2 Å². The number of hydrogen-bond acceptors (Lipinski definition) is 1. The predicted octanol–water partition coefficient (Wildman–Crippen LogP) is 4.58. The molecule has 0 spiro atoms. The summed E-state index contributed by atoms with van der Waals surface area (Å²) in [7, 11) is 0. The van der Waals surface area contributed by atoms with Crippen LogP contribution in [0.4, 0.5) is 0 Å². The highest BCUT2D eigenvalue weighted by atomic mass is 79.9. The second kappa shape index (κ2) is 6.08. The van der Waals surface area contributed by atoms with Gasteiger partial charge in [0.1, 0.15) is 0 Å². The van der Waals surface area contributed by atoms with Gasteiger partial charge < -0.3 is 0 Å². The minimum Gasteiger partial charge on any atom is -0.268 e. The molecule has 3 atom stereocenters. The zero-order chi connectivity index (χ0) is 13.3. The lowest BCUT2D eigenvalue weighted by Crippen LogP contribution is -2.15. The summed E-state index contributed by atoms with van der Waals surface area (Å²) in [6.45, 7) is 7.68. The molecule has 0 saturated heterocycles. The van der Waals surface area contributed by atoms with E-state index in [1.165, 1.54) is 28.7 Å². The van der Waals surface area contributed by atoms with Crippen LogP contribution < -0.4 is 0 Å². The van der Waals surface area contributed by atoms with E-state index >= 15 is 0 Å². The summed E-state index contributed by atoms with van der Waals surface area (Å²) < 4.78 is 3.43. The summed E-state index contributed by atoms with van der Waals surface area (Å²) >= 11 is 7.55. The molecule has 0 bridgehead atoms. The number of aromatic nitrogens is 2. The van der Waals surface area contributed by atoms with Gasteiger partial charge in [-0.15, -0.1) is 0 Å². The van der Waals surface area contributed by atoms with E-state index in [-0.39, 0.29) is 0 Å². The van der Waals surface area contributed by atoms with Crippen LogP contribution in [0.3, 0.4) is 0 Å². The minimum atomic E-state index is 0.699. The molecular weight excluding hydrogens is 356 g/mol. The van der Waals surface area contributed by atoms with Gasteiger partial charge in [-0.1, -0.05) is 29.8 Å². The quantitative estimate of drug-likeness (QED) is 0.702. The molecule has 1 aromatic rings. The van der Waals surface area contributed by atoms with Gasteiger partial charge in [0, 0.05) is 11.4 Å². The fourth-order valence-corrected chi connectivity index (χ4v) is 4.37. The number of hydrogen-bond donors (Lipinski definition) is 0. The van der Waals surface area contributed by atoms with Crippen molar-refractivity contribution in [3.8, 4) is 0 Å². The molecule has 3 unspecified atom stereocenters. The molecule has 0 amide bonds. The second-order valence-corrected chi connectivity index (χ2v) is 7.26. The van der Waals surface area contributed by atoms with Crippen LogP contribution in [-0.2, 0) is 19.4 Å². The van der Waals surface area contributed by atoms with E-state index in [2.05, 4.69) is 57.3 Å². The summed E-state index contributed by atoms with van der Waals surface area (Å²) in [5.74, 6) is 1.56. The molecular formula is C14H22Br2N2. The monoisotopic (exact) mass is 376 g/mol. The van der Waals surface area contributed by atoms with Crippen molar-refractivity contribution in [1.29, 1.82) is 0 Å². The lowest BCUT2D eigenvalue weighted by Gasteiger charge is -2.18. The van der Waals surface area contributed by atoms with Crippen molar-refractivity contribution in [3.05, 3.63) is 15.9 Å². The van der Waals surface area contributed by atoms with Gasteiger partial charge in [0.15, 0.2) is 0 Å². The molecule has 1 aliphatic rings. The Kier molecular flexibility index (Phi) is 4.92. The van der Waals surface area contributed by atoms with Crippen LogP contribution >= 0.6 is 31.9 Å². The van der Waals surface area contributed by atoms with Crippen LogP contribution in [0, 0.1) is 11.8 Å². The predicted molar refractivity (Wildman–Crippen MR) is 83.3 cm³/mol. The molecule has 1 aliphatic carbocycles. The van der Waals surface area contributed by atoms with Gasteiger partial charge in [0.05, 0.1) is 15.9 Å². The molecule has 1 fully saturated rings. The Morgan fingerprint density at radius 1 is 1.33 bits per heavy atom. The average molecular weight is 378 g/mol. The highest BCUT2D eigenvalue weighted by Crippen LogP contribution is 2.39. The Labute approximate surface area is 127 Å². The van der Waals surface area contributed by atoms with Crippen LogP contribution in [0.5, 0.6) is 0 Å². The maximum absolute atomic E-state index is 4.69. The topological polar surface area (TPSA) is 17.8 Å². The maximum Gasteiger partial charge on any atom is 0.0766 e. The highest BCUT2D eigenvalue weighted by molar-refractivity contribution is 9.10. The third-order valence-electron chi connectivity index (χ3n) is 4.28. The fraction of sp³-hybridized carbons (Fsp3) is 0.786. The maximum atomic E-state index is 4.69. The normalized spacial score (nSPS) is 27.9. The Bertz CT molecular complexity index is 414. The zero-order valence-corrected chi connectivity index (χ0v) is 14.6. The molecule has 0 aliphatic heterocycles. The number of nitrogens with zero attached hydrogens (tertiary/aromatic N) is 2. The summed E-state index contributed by atoms with van der Waals surface area (Å²) in [6.07, 6.45) is 4.80. The van der Waals surface area contributed by atoms with Crippen molar-refractivity contribution in [1.82, 2.24) is 9.78 Å². The third-order valence-corrected chi connectivity index (χ3v) is 6.48. The molecule has 0 N–H and O–H groups in total. The van der Waals surface area contributed by atoms with E-state index in [9.17, 15) is 0 Å². The van der Waals surface area contributed by atoms with E-state index in [1.54, 1.807) is 0 Å². The molecule has 0 radical (unpaired) electrons. The first-order chi connectivity index (χ1) is 8.58. The lowest BCUT2D eigenvalue weighted by molar-refractivity contribution is 0.408. The van der Waals surface area contributed by atoms with Gasteiger partial charge in [-0.05, 0) is 60.4 Å². The Hall–Kier alpha value is 0.170. The lowest BCUT2D eigenvalue weighted by atomic mass is 9.93. The van der Waals surface area contributed by atoms with Crippen LogP contribution in [0.15, 0.2) is 4.47 Å². The highest BCUT2D eigenvalue weighted by Gasteiger charge is 2.32. The fourth-order valence-electron chi connectivity index (χ4n) is 2.94. The number of rotatable bonds is 4. The van der Waals surface area contributed by atoms with Crippen LogP contribution in [0.25, 0.3) is 0 Å². The second-order valence-electron chi connectivity index (χ2n) is 5.29. The molecule has 0 aromatic carbocycles. The van der Waals surface area contributed by atoms with Gasteiger partial charge >= 0.3 is 0 Å². The summed E-state index contributed by atoms with van der Waals surface area (Å²) in [4.78, 5) is 0.699. The zero-order valence-electron chi connectivity index (χ0n) is 11.4. The Balaban J connectivity index is 2.20. The molecule has 2 rings (SSSR count). The van der Waals surface area contributed by atoms with Gasteiger partial charge in [0.2, 0.25) is 0 Å². The molecule has 1 aromatic heterocycles. The first-order valence-corrected chi connectivity index (χ1v) is 8.67. The van der Waals surface area contributed by atoms with E-state index in [0.29, 0.717) is 4.83 Å². The van der Waals surface area contributed by atoms with Gasteiger partial charge in [-0.25, -0.2) is 0 Å².